The third kappa shape index (κ3) is 4.79. The molecule has 0 radical (unpaired) electrons. The van der Waals surface area contributed by atoms with Crippen LogP contribution in [0.4, 0.5) is 10.1 Å². The standard InChI is InChI=1S/C14H16FN3S/c15-12-6-8-13(9-7-12)17-14(19)18-16-10-11-4-2-1-3-5-11/h1-2,6-11H,3-5H2,(H2,17,18,19)/b16-10-/t11-/m1/s1. The molecule has 0 saturated carbocycles. The highest BCUT2D eigenvalue weighted by Crippen LogP contribution is 2.15. The molecule has 0 heterocycles. The maximum Gasteiger partial charge on any atom is 0.191 e. The molecule has 100 valence electrons. The molecule has 0 aromatic heterocycles. The molecule has 0 amide bonds. The molecular formula is C14H16FN3S. The third-order valence-electron chi connectivity index (χ3n) is 2.86. The molecule has 3 nitrogen and oxygen atoms in total. The van der Waals surface area contributed by atoms with Gasteiger partial charge in [-0.15, -0.1) is 0 Å². The van der Waals surface area contributed by atoms with Crippen LogP contribution in [0.2, 0.25) is 0 Å². The molecule has 1 aliphatic rings. The van der Waals surface area contributed by atoms with Crippen molar-refractivity contribution >= 4 is 29.2 Å². The number of nitrogens with zero attached hydrogens (tertiary/aromatic N) is 1. The van der Waals surface area contributed by atoms with Crippen molar-refractivity contribution in [3.8, 4) is 0 Å². The monoisotopic (exact) mass is 277 g/mol. The van der Waals surface area contributed by atoms with Crippen LogP contribution in [0.1, 0.15) is 19.3 Å². The molecular weight excluding hydrogens is 261 g/mol. The van der Waals surface area contributed by atoms with Gasteiger partial charge in [0.2, 0.25) is 0 Å². The van der Waals surface area contributed by atoms with Gasteiger partial charge in [-0.05, 0) is 61.7 Å². The van der Waals surface area contributed by atoms with Crippen molar-refractivity contribution in [2.75, 3.05) is 5.32 Å². The first-order chi connectivity index (χ1) is 9.24. The minimum absolute atomic E-state index is 0.271. The van der Waals surface area contributed by atoms with E-state index in [1.807, 2.05) is 6.21 Å². The Morgan fingerprint density at radius 2 is 2.11 bits per heavy atom. The van der Waals surface area contributed by atoms with E-state index >= 15 is 0 Å². The number of anilines is 1. The summed E-state index contributed by atoms with van der Waals surface area (Å²) in [5, 5.41) is 7.45. The maximum absolute atomic E-state index is 12.7. The summed E-state index contributed by atoms with van der Waals surface area (Å²) in [6, 6.07) is 6.00. The molecule has 0 spiro atoms. The van der Waals surface area contributed by atoms with Gasteiger partial charge in [0.05, 0.1) is 0 Å². The molecule has 5 heteroatoms. The first-order valence-electron chi connectivity index (χ1n) is 6.25. The number of benzene rings is 1. The van der Waals surface area contributed by atoms with E-state index in [4.69, 9.17) is 12.2 Å². The molecule has 2 N–H and O–H groups in total. The Hall–Kier alpha value is -1.75. The Balaban J connectivity index is 1.76. The van der Waals surface area contributed by atoms with E-state index in [2.05, 4.69) is 28.0 Å². The average Bonchev–Trinajstić information content (AvgIpc) is 2.43. The number of nitrogens with one attached hydrogen (secondary N) is 2. The molecule has 1 aromatic rings. The van der Waals surface area contributed by atoms with Gasteiger partial charge in [-0.25, -0.2) is 4.39 Å². The highest BCUT2D eigenvalue weighted by Gasteiger charge is 2.06. The average molecular weight is 277 g/mol. The summed E-state index contributed by atoms with van der Waals surface area (Å²) in [5.41, 5.74) is 3.50. The highest BCUT2D eigenvalue weighted by atomic mass is 32.1. The van der Waals surface area contributed by atoms with Gasteiger partial charge in [0.15, 0.2) is 5.11 Å². The molecule has 1 atom stereocenters. The van der Waals surface area contributed by atoms with E-state index in [0.717, 1.165) is 24.9 Å². The zero-order valence-corrected chi connectivity index (χ0v) is 11.3. The number of rotatable bonds is 3. The van der Waals surface area contributed by atoms with E-state index in [-0.39, 0.29) is 5.82 Å². The zero-order chi connectivity index (χ0) is 13.5. The fraction of sp³-hybridized carbons (Fsp3) is 0.286. The van der Waals surface area contributed by atoms with Gasteiger partial charge < -0.3 is 5.32 Å². The molecule has 2 rings (SSSR count). The van der Waals surface area contributed by atoms with Crippen molar-refractivity contribution < 1.29 is 4.39 Å². The lowest BCUT2D eigenvalue weighted by molar-refractivity contribution is 0.624. The van der Waals surface area contributed by atoms with Crippen molar-refractivity contribution in [2.45, 2.75) is 19.3 Å². The molecule has 0 unspecified atom stereocenters. The maximum atomic E-state index is 12.7. The summed E-state index contributed by atoms with van der Waals surface area (Å²) >= 11 is 5.09. The van der Waals surface area contributed by atoms with Crippen LogP contribution in [-0.2, 0) is 0 Å². The summed E-state index contributed by atoms with van der Waals surface area (Å²) in [6.45, 7) is 0. The first kappa shape index (κ1) is 13.7. The number of hydrogen-bond acceptors (Lipinski definition) is 2. The van der Waals surface area contributed by atoms with E-state index in [0.29, 0.717) is 11.0 Å². The summed E-state index contributed by atoms with van der Waals surface area (Å²) in [7, 11) is 0. The van der Waals surface area contributed by atoms with Crippen LogP contribution in [0.5, 0.6) is 0 Å². The SMILES string of the molecule is Fc1ccc(NC(=S)N/N=C\[C@@H]2CC=CCC2)cc1. The van der Waals surface area contributed by atoms with E-state index < -0.39 is 0 Å². The van der Waals surface area contributed by atoms with Crippen LogP contribution < -0.4 is 10.7 Å². The fourth-order valence-electron chi connectivity index (χ4n) is 1.85. The molecule has 1 aromatic carbocycles. The lowest BCUT2D eigenvalue weighted by Gasteiger charge is -2.12. The Labute approximate surface area is 117 Å². The van der Waals surface area contributed by atoms with Crippen molar-refractivity contribution in [3.05, 3.63) is 42.2 Å². The normalized spacial score (nSPS) is 18.5. The van der Waals surface area contributed by atoms with Gasteiger partial charge in [0.1, 0.15) is 5.82 Å². The Morgan fingerprint density at radius 1 is 1.32 bits per heavy atom. The number of hydrogen-bond donors (Lipinski definition) is 2. The topological polar surface area (TPSA) is 36.4 Å². The molecule has 0 fully saturated rings. The molecule has 0 bridgehead atoms. The van der Waals surface area contributed by atoms with Crippen molar-refractivity contribution in [1.82, 2.24) is 5.43 Å². The Kier molecular flexibility index (Phi) is 5.03. The van der Waals surface area contributed by atoms with Crippen LogP contribution in [0.15, 0.2) is 41.5 Å². The number of halogens is 1. The minimum Gasteiger partial charge on any atom is -0.331 e. The molecule has 19 heavy (non-hydrogen) atoms. The number of hydrazone groups is 1. The van der Waals surface area contributed by atoms with Gasteiger partial charge in [0.25, 0.3) is 0 Å². The minimum atomic E-state index is -0.271. The van der Waals surface area contributed by atoms with E-state index in [1.54, 1.807) is 12.1 Å². The van der Waals surface area contributed by atoms with Crippen LogP contribution >= 0.6 is 12.2 Å². The number of allylic oxidation sites excluding steroid dienone is 2. The first-order valence-corrected chi connectivity index (χ1v) is 6.65. The third-order valence-corrected chi connectivity index (χ3v) is 3.06. The highest BCUT2D eigenvalue weighted by molar-refractivity contribution is 7.80. The van der Waals surface area contributed by atoms with Crippen molar-refractivity contribution in [2.24, 2.45) is 11.0 Å². The van der Waals surface area contributed by atoms with Crippen molar-refractivity contribution in [1.29, 1.82) is 0 Å². The quantitative estimate of drug-likeness (QED) is 0.384. The lowest BCUT2D eigenvalue weighted by Crippen LogP contribution is -2.24. The molecule has 0 saturated heterocycles. The smallest absolute Gasteiger partial charge is 0.191 e. The predicted molar refractivity (Wildman–Crippen MR) is 80.7 cm³/mol. The molecule has 1 aliphatic carbocycles. The van der Waals surface area contributed by atoms with Crippen LogP contribution in [0, 0.1) is 11.7 Å². The summed E-state index contributed by atoms with van der Waals surface area (Å²) in [4.78, 5) is 0. The van der Waals surface area contributed by atoms with Crippen molar-refractivity contribution in [3.63, 3.8) is 0 Å². The zero-order valence-electron chi connectivity index (χ0n) is 10.5. The molecule has 0 aliphatic heterocycles. The second kappa shape index (κ2) is 6.99. The van der Waals surface area contributed by atoms with Crippen LogP contribution in [-0.4, -0.2) is 11.3 Å². The van der Waals surface area contributed by atoms with Crippen LogP contribution in [0.25, 0.3) is 0 Å². The van der Waals surface area contributed by atoms with Gasteiger partial charge in [-0.3, -0.25) is 5.43 Å². The summed E-state index contributed by atoms with van der Waals surface area (Å²) in [5.74, 6) is 0.207. The number of thiocarbonyl (C=S) groups is 1. The second-order valence-corrected chi connectivity index (χ2v) is 4.80. The Morgan fingerprint density at radius 3 is 2.79 bits per heavy atom. The van der Waals surface area contributed by atoms with Gasteiger partial charge in [-0.1, -0.05) is 12.2 Å². The second-order valence-electron chi connectivity index (χ2n) is 4.40. The predicted octanol–water partition coefficient (Wildman–Crippen LogP) is 3.45. The summed E-state index contributed by atoms with van der Waals surface area (Å²) < 4.78 is 12.7. The van der Waals surface area contributed by atoms with Crippen LogP contribution in [0.3, 0.4) is 0 Å². The summed E-state index contributed by atoms with van der Waals surface area (Å²) in [6.07, 6.45) is 9.52. The van der Waals surface area contributed by atoms with E-state index in [9.17, 15) is 4.39 Å². The lowest BCUT2D eigenvalue weighted by atomic mass is 9.96. The fourth-order valence-corrected chi connectivity index (χ4v) is 2.02. The van der Waals surface area contributed by atoms with Gasteiger partial charge in [-0.2, -0.15) is 5.10 Å². The van der Waals surface area contributed by atoms with Gasteiger partial charge >= 0.3 is 0 Å². The van der Waals surface area contributed by atoms with Gasteiger partial charge in [0, 0.05) is 11.9 Å². The van der Waals surface area contributed by atoms with E-state index in [1.165, 1.54) is 12.1 Å². The Bertz CT molecular complexity index is 482. The largest absolute Gasteiger partial charge is 0.331 e.